The van der Waals surface area contributed by atoms with E-state index in [1.807, 2.05) is 11.8 Å². The number of amides is 1. The van der Waals surface area contributed by atoms with Gasteiger partial charge in [0.1, 0.15) is 16.8 Å². The third-order valence-electron chi connectivity index (χ3n) is 3.85. The zero-order valence-electron chi connectivity index (χ0n) is 11.6. The minimum atomic E-state index is 0.216. The van der Waals surface area contributed by atoms with Crippen LogP contribution < -0.4 is 5.32 Å². The van der Waals surface area contributed by atoms with Crippen LogP contribution in [0.25, 0.3) is 0 Å². The fraction of sp³-hybridized carbons (Fsp3) is 0.643. The van der Waals surface area contributed by atoms with E-state index in [2.05, 4.69) is 15.3 Å². The molecule has 2 aliphatic rings. The second-order valence-electron chi connectivity index (χ2n) is 5.53. The van der Waals surface area contributed by atoms with Crippen molar-refractivity contribution in [2.45, 2.75) is 44.6 Å². The van der Waals surface area contributed by atoms with Crippen molar-refractivity contribution < 1.29 is 4.79 Å². The van der Waals surface area contributed by atoms with Crippen molar-refractivity contribution in [3.8, 4) is 0 Å². The molecule has 108 valence electrons. The van der Waals surface area contributed by atoms with Gasteiger partial charge in [-0.25, -0.2) is 9.97 Å². The Morgan fingerprint density at radius 2 is 2.25 bits per heavy atom. The maximum absolute atomic E-state index is 11.7. The molecule has 1 aliphatic carbocycles. The molecule has 3 rings (SSSR count). The number of carbonyl (C=O) groups excluding carboxylic acids is 1. The maximum Gasteiger partial charge on any atom is 0.222 e. The summed E-state index contributed by atoms with van der Waals surface area (Å²) in [6, 6.07) is 2.01. The van der Waals surface area contributed by atoms with Crippen LogP contribution in [-0.2, 0) is 4.79 Å². The highest BCUT2D eigenvalue weighted by molar-refractivity contribution is 6.29. The highest BCUT2D eigenvalue weighted by atomic mass is 35.5. The molecule has 1 aromatic rings. The number of halogens is 1. The number of rotatable bonds is 4. The normalized spacial score (nSPS) is 22.1. The van der Waals surface area contributed by atoms with E-state index in [0.29, 0.717) is 17.5 Å². The summed E-state index contributed by atoms with van der Waals surface area (Å²) in [5.74, 6) is 2.33. The van der Waals surface area contributed by atoms with Crippen LogP contribution in [0.1, 0.15) is 44.3 Å². The van der Waals surface area contributed by atoms with Gasteiger partial charge in [-0.05, 0) is 19.3 Å². The first-order valence-corrected chi connectivity index (χ1v) is 7.62. The maximum atomic E-state index is 11.7. The molecular weight excluding hydrogens is 276 g/mol. The van der Waals surface area contributed by atoms with E-state index in [-0.39, 0.29) is 11.9 Å². The molecule has 1 amide bonds. The van der Waals surface area contributed by atoms with Crippen LogP contribution in [0.4, 0.5) is 5.82 Å². The SMILES string of the molecule is CCC(=O)N1CCC(Nc2cc(Cl)nc(C3CC3)n2)C1. The standard InChI is InChI=1S/C14H19ClN4O/c1-2-13(20)19-6-5-10(8-19)16-12-7-11(15)17-14(18-12)9-3-4-9/h7,9-10H,2-6,8H2,1H3,(H,16,17,18). The molecule has 1 unspecified atom stereocenters. The lowest BCUT2D eigenvalue weighted by Gasteiger charge is -2.17. The first-order chi connectivity index (χ1) is 9.65. The van der Waals surface area contributed by atoms with E-state index in [9.17, 15) is 4.79 Å². The number of aromatic nitrogens is 2. The summed E-state index contributed by atoms with van der Waals surface area (Å²) in [6.45, 7) is 3.46. The molecule has 0 aromatic carbocycles. The van der Waals surface area contributed by atoms with E-state index in [1.54, 1.807) is 6.07 Å². The van der Waals surface area contributed by atoms with Crippen molar-refractivity contribution in [2.75, 3.05) is 18.4 Å². The van der Waals surface area contributed by atoms with Crippen molar-refractivity contribution in [2.24, 2.45) is 0 Å². The van der Waals surface area contributed by atoms with Gasteiger partial charge in [0.2, 0.25) is 5.91 Å². The van der Waals surface area contributed by atoms with Gasteiger partial charge in [-0.3, -0.25) is 4.79 Å². The molecule has 20 heavy (non-hydrogen) atoms. The summed E-state index contributed by atoms with van der Waals surface area (Å²) in [7, 11) is 0. The van der Waals surface area contributed by atoms with Crippen molar-refractivity contribution in [3.63, 3.8) is 0 Å². The topological polar surface area (TPSA) is 58.1 Å². The molecule has 0 bridgehead atoms. The predicted molar refractivity (Wildman–Crippen MR) is 77.9 cm³/mol. The molecular formula is C14H19ClN4O. The van der Waals surface area contributed by atoms with Gasteiger partial charge in [0.05, 0.1) is 0 Å². The Labute approximate surface area is 123 Å². The molecule has 0 radical (unpaired) electrons. The van der Waals surface area contributed by atoms with Gasteiger partial charge in [0.25, 0.3) is 0 Å². The number of carbonyl (C=O) groups is 1. The van der Waals surface area contributed by atoms with Crippen LogP contribution in [0.3, 0.4) is 0 Å². The molecule has 1 saturated carbocycles. The number of hydrogen-bond donors (Lipinski definition) is 1. The average molecular weight is 295 g/mol. The molecule has 5 nitrogen and oxygen atoms in total. The Hall–Kier alpha value is -1.36. The van der Waals surface area contributed by atoms with Gasteiger partial charge < -0.3 is 10.2 Å². The molecule has 1 saturated heterocycles. The predicted octanol–water partition coefficient (Wildman–Crippen LogP) is 2.43. The van der Waals surface area contributed by atoms with E-state index in [4.69, 9.17) is 11.6 Å². The number of anilines is 1. The third-order valence-corrected chi connectivity index (χ3v) is 4.04. The summed E-state index contributed by atoms with van der Waals surface area (Å²) >= 11 is 6.05. The Kier molecular flexibility index (Phi) is 3.78. The zero-order chi connectivity index (χ0) is 14.1. The Balaban J connectivity index is 1.65. The summed E-state index contributed by atoms with van der Waals surface area (Å²) in [6.07, 6.45) is 3.83. The lowest BCUT2D eigenvalue weighted by atomic mass is 10.2. The van der Waals surface area contributed by atoms with E-state index in [1.165, 1.54) is 0 Å². The Bertz CT molecular complexity index is 518. The average Bonchev–Trinajstić information content (AvgIpc) is 3.18. The van der Waals surface area contributed by atoms with E-state index in [0.717, 1.165) is 44.0 Å². The summed E-state index contributed by atoms with van der Waals surface area (Å²) in [5.41, 5.74) is 0. The second-order valence-corrected chi connectivity index (χ2v) is 5.92. The zero-order valence-corrected chi connectivity index (χ0v) is 12.4. The monoisotopic (exact) mass is 294 g/mol. The third kappa shape index (κ3) is 3.03. The molecule has 0 spiro atoms. The van der Waals surface area contributed by atoms with Crippen molar-refractivity contribution in [3.05, 3.63) is 17.0 Å². The fourth-order valence-electron chi connectivity index (χ4n) is 2.57. The number of likely N-dealkylation sites (tertiary alicyclic amines) is 1. The van der Waals surface area contributed by atoms with Crippen LogP contribution >= 0.6 is 11.6 Å². The lowest BCUT2D eigenvalue weighted by Crippen LogP contribution is -2.31. The van der Waals surface area contributed by atoms with Crippen LogP contribution in [0.2, 0.25) is 5.15 Å². The first-order valence-electron chi connectivity index (χ1n) is 7.24. The van der Waals surface area contributed by atoms with Crippen LogP contribution in [0, 0.1) is 0 Å². The first kappa shape index (κ1) is 13.6. The van der Waals surface area contributed by atoms with E-state index >= 15 is 0 Å². The summed E-state index contributed by atoms with van der Waals surface area (Å²) in [5, 5.41) is 3.87. The molecule has 1 aliphatic heterocycles. The van der Waals surface area contributed by atoms with Gasteiger partial charge >= 0.3 is 0 Å². The second kappa shape index (κ2) is 5.56. The van der Waals surface area contributed by atoms with Crippen molar-refractivity contribution in [1.29, 1.82) is 0 Å². The smallest absolute Gasteiger partial charge is 0.222 e. The van der Waals surface area contributed by atoms with Gasteiger partial charge in [0.15, 0.2) is 0 Å². The molecule has 1 N–H and O–H groups in total. The van der Waals surface area contributed by atoms with Gasteiger partial charge in [0, 0.05) is 37.5 Å². The Morgan fingerprint density at radius 1 is 1.45 bits per heavy atom. The number of nitrogens with zero attached hydrogens (tertiary/aromatic N) is 3. The largest absolute Gasteiger partial charge is 0.365 e. The van der Waals surface area contributed by atoms with Gasteiger partial charge in [-0.1, -0.05) is 18.5 Å². The minimum Gasteiger partial charge on any atom is -0.365 e. The highest BCUT2D eigenvalue weighted by Gasteiger charge is 2.28. The highest BCUT2D eigenvalue weighted by Crippen LogP contribution is 2.38. The molecule has 2 fully saturated rings. The Morgan fingerprint density at radius 3 is 2.95 bits per heavy atom. The molecule has 2 heterocycles. The molecule has 6 heteroatoms. The molecule has 1 atom stereocenters. The minimum absolute atomic E-state index is 0.216. The molecule has 1 aromatic heterocycles. The number of hydrogen-bond acceptors (Lipinski definition) is 4. The van der Waals surface area contributed by atoms with Crippen LogP contribution in [-0.4, -0.2) is 39.9 Å². The van der Waals surface area contributed by atoms with E-state index < -0.39 is 0 Å². The van der Waals surface area contributed by atoms with Gasteiger partial charge in [-0.2, -0.15) is 0 Å². The van der Waals surface area contributed by atoms with Crippen LogP contribution in [0.5, 0.6) is 0 Å². The fourth-order valence-corrected chi connectivity index (χ4v) is 2.76. The summed E-state index contributed by atoms with van der Waals surface area (Å²) in [4.78, 5) is 22.4. The van der Waals surface area contributed by atoms with Crippen molar-refractivity contribution >= 4 is 23.3 Å². The van der Waals surface area contributed by atoms with Gasteiger partial charge in [-0.15, -0.1) is 0 Å². The quantitative estimate of drug-likeness (QED) is 0.867. The lowest BCUT2D eigenvalue weighted by molar-refractivity contribution is -0.129. The number of nitrogens with one attached hydrogen (secondary N) is 1. The van der Waals surface area contributed by atoms with Crippen LogP contribution in [0.15, 0.2) is 6.07 Å². The van der Waals surface area contributed by atoms with Crippen molar-refractivity contribution in [1.82, 2.24) is 14.9 Å². The summed E-state index contributed by atoms with van der Waals surface area (Å²) < 4.78 is 0.